The summed E-state index contributed by atoms with van der Waals surface area (Å²) in [4.78, 5) is 18.3. The van der Waals surface area contributed by atoms with Gasteiger partial charge >= 0.3 is 0 Å². The molecule has 0 radical (unpaired) electrons. The van der Waals surface area contributed by atoms with E-state index in [-0.39, 0.29) is 5.91 Å². The van der Waals surface area contributed by atoms with Crippen molar-refractivity contribution in [3.8, 4) is 10.8 Å². The lowest BCUT2D eigenvalue weighted by molar-refractivity contribution is 0.0822. The average molecular weight is 238 g/mol. The van der Waals surface area contributed by atoms with Crippen LogP contribution in [0.25, 0.3) is 10.8 Å². The third-order valence-corrected chi connectivity index (χ3v) is 2.91. The van der Waals surface area contributed by atoms with Gasteiger partial charge in [-0.3, -0.25) is 4.79 Å². The fraction of sp³-hybridized carbons (Fsp3) is 0.375. The van der Waals surface area contributed by atoms with Crippen LogP contribution in [-0.4, -0.2) is 50.5 Å². The van der Waals surface area contributed by atoms with Gasteiger partial charge in [0.25, 0.3) is 5.91 Å². The van der Waals surface area contributed by atoms with Gasteiger partial charge in [-0.15, -0.1) is 21.5 Å². The highest BCUT2D eigenvalue weighted by Crippen LogP contribution is 2.24. The van der Waals surface area contributed by atoms with Crippen LogP contribution in [0.2, 0.25) is 0 Å². The normalized spacial score (nSPS) is 10.4. The summed E-state index contributed by atoms with van der Waals surface area (Å²) in [7, 11) is 3.38. The summed E-state index contributed by atoms with van der Waals surface area (Å²) >= 11 is 1.37. The highest BCUT2D eigenvalue weighted by molar-refractivity contribution is 7.15. The molecule has 0 unspecified atom stereocenters. The van der Waals surface area contributed by atoms with Crippen LogP contribution in [0, 0.1) is 6.92 Å². The maximum absolute atomic E-state index is 11.8. The molecule has 0 fully saturated rings. The molecule has 2 heterocycles. The fourth-order valence-corrected chi connectivity index (χ4v) is 1.99. The van der Waals surface area contributed by atoms with Gasteiger partial charge in [0.1, 0.15) is 5.69 Å². The van der Waals surface area contributed by atoms with Crippen molar-refractivity contribution in [2.75, 3.05) is 14.1 Å². The molecule has 8 heteroatoms. The van der Waals surface area contributed by atoms with E-state index in [0.29, 0.717) is 16.5 Å². The number of thiazole rings is 1. The Bertz CT molecular complexity index is 503. The van der Waals surface area contributed by atoms with Crippen LogP contribution in [0.5, 0.6) is 0 Å². The molecule has 0 aromatic carbocycles. The van der Waals surface area contributed by atoms with E-state index in [1.165, 1.54) is 16.2 Å². The molecule has 2 rings (SSSR count). The van der Waals surface area contributed by atoms with Gasteiger partial charge in [-0.2, -0.15) is 5.21 Å². The largest absolute Gasteiger partial charge is 0.343 e. The number of aromatic amines is 1. The zero-order valence-electron chi connectivity index (χ0n) is 9.05. The Hall–Kier alpha value is -1.83. The molecule has 0 aliphatic heterocycles. The molecule has 1 N–H and O–H groups in total. The van der Waals surface area contributed by atoms with Crippen LogP contribution in [0.3, 0.4) is 0 Å². The Labute approximate surface area is 95.5 Å². The molecule has 0 saturated carbocycles. The molecule has 2 aromatic heterocycles. The van der Waals surface area contributed by atoms with E-state index < -0.39 is 0 Å². The minimum atomic E-state index is -0.122. The first-order valence-corrected chi connectivity index (χ1v) is 5.34. The number of nitrogens with one attached hydrogen (secondary N) is 1. The molecular formula is C8H10N6OS. The van der Waals surface area contributed by atoms with Gasteiger partial charge in [0.2, 0.25) is 5.82 Å². The molecule has 0 saturated heterocycles. The van der Waals surface area contributed by atoms with Crippen LogP contribution < -0.4 is 0 Å². The van der Waals surface area contributed by atoms with Gasteiger partial charge in [0.05, 0.1) is 0 Å². The number of hydrogen-bond acceptors (Lipinski definition) is 6. The second kappa shape index (κ2) is 3.97. The van der Waals surface area contributed by atoms with Crippen LogP contribution >= 0.6 is 11.3 Å². The minimum Gasteiger partial charge on any atom is -0.343 e. The summed E-state index contributed by atoms with van der Waals surface area (Å²) in [5.41, 5.74) is 0.440. The van der Waals surface area contributed by atoms with Crippen molar-refractivity contribution in [1.82, 2.24) is 30.5 Å². The number of carbonyl (C=O) groups excluding carboxylic acids is 1. The topological polar surface area (TPSA) is 87.7 Å². The summed E-state index contributed by atoms with van der Waals surface area (Å²) in [5, 5.41) is 14.0. The third-order valence-electron chi connectivity index (χ3n) is 1.94. The van der Waals surface area contributed by atoms with Gasteiger partial charge in [-0.05, 0) is 12.1 Å². The Kier molecular flexibility index (Phi) is 2.65. The zero-order chi connectivity index (χ0) is 11.7. The smallest absolute Gasteiger partial charge is 0.273 e. The number of aromatic nitrogens is 5. The van der Waals surface area contributed by atoms with E-state index in [4.69, 9.17) is 0 Å². The molecular weight excluding hydrogens is 228 g/mol. The van der Waals surface area contributed by atoms with Crippen molar-refractivity contribution in [2.45, 2.75) is 6.92 Å². The molecule has 7 nitrogen and oxygen atoms in total. The van der Waals surface area contributed by atoms with E-state index in [9.17, 15) is 4.79 Å². The monoisotopic (exact) mass is 238 g/mol. The second-order valence-electron chi connectivity index (χ2n) is 3.36. The van der Waals surface area contributed by atoms with E-state index in [2.05, 4.69) is 25.6 Å². The molecule has 0 aliphatic rings. The molecule has 0 aliphatic carbocycles. The molecule has 0 atom stereocenters. The summed E-state index contributed by atoms with van der Waals surface area (Å²) < 4.78 is 0. The first-order valence-electron chi connectivity index (χ1n) is 4.52. The van der Waals surface area contributed by atoms with Crippen LogP contribution in [0.1, 0.15) is 15.4 Å². The Morgan fingerprint density at radius 3 is 2.75 bits per heavy atom. The summed E-state index contributed by atoms with van der Waals surface area (Å²) in [6.07, 6.45) is 0. The quantitative estimate of drug-likeness (QED) is 0.814. The van der Waals surface area contributed by atoms with Crippen molar-refractivity contribution in [1.29, 1.82) is 0 Å². The van der Waals surface area contributed by atoms with Crippen molar-refractivity contribution >= 4 is 17.2 Å². The maximum Gasteiger partial charge on any atom is 0.273 e. The van der Waals surface area contributed by atoms with E-state index >= 15 is 0 Å². The van der Waals surface area contributed by atoms with Gasteiger partial charge in [-0.1, -0.05) is 0 Å². The summed E-state index contributed by atoms with van der Waals surface area (Å²) in [5.74, 6) is 0.286. The predicted octanol–water partition coefficient (Wildman–Crippen LogP) is 0.333. The molecule has 84 valence electrons. The fourth-order valence-electron chi connectivity index (χ4n) is 1.15. The second-order valence-corrected chi connectivity index (χ2v) is 4.56. The number of rotatable bonds is 2. The first-order chi connectivity index (χ1) is 7.59. The highest BCUT2D eigenvalue weighted by atomic mass is 32.1. The van der Waals surface area contributed by atoms with E-state index in [0.717, 1.165) is 4.88 Å². The number of amides is 1. The Balaban J connectivity index is 2.40. The Morgan fingerprint density at radius 1 is 1.44 bits per heavy atom. The molecule has 0 bridgehead atoms. The lowest BCUT2D eigenvalue weighted by Crippen LogP contribution is -2.22. The van der Waals surface area contributed by atoms with Gasteiger partial charge in [0, 0.05) is 19.0 Å². The van der Waals surface area contributed by atoms with E-state index in [1.54, 1.807) is 14.1 Å². The van der Waals surface area contributed by atoms with Gasteiger partial charge in [-0.25, -0.2) is 4.98 Å². The first kappa shape index (κ1) is 10.7. The molecule has 1 amide bonds. The third kappa shape index (κ3) is 1.78. The number of tetrazole rings is 1. The van der Waals surface area contributed by atoms with Crippen molar-refractivity contribution in [3.63, 3.8) is 0 Å². The number of carbonyl (C=O) groups is 1. The molecule has 16 heavy (non-hydrogen) atoms. The van der Waals surface area contributed by atoms with Crippen molar-refractivity contribution in [3.05, 3.63) is 10.6 Å². The lowest BCUT2D eigenvalue weighted by atomic mass is 10.3. The Morgan fingerprint density at radius 2 is 2.19 bits per heavy atom. The van der Waals surface area contributed by atoms with Crippen LogP contribution in [0.15, 0.2) is 0 Å². The lowest BCUT2D eigenvalue weighted by Gasteiger charge is -2.07. The number of aryl methyl sites for hydroxylation is 1. The van der Waals surface area contributed by atoms with Gasteiger partial charge in [0.15, 0.2) is 5.01 Å². The van der Waals surface area contributed by atoms with Crippen molar-refractivity contribution in [2.24, 2.45) is 0 Å². The number of nitrogens with zero attached hydrogens (tertiary/aromatic N) is 5. The standard InChI is InChI=1S/C8H10N6OS/c1-4-5(8(15)14(2)3)9-7(16-4)6-10-12-13-11-6/h1-3H3,(H,10,11,12,13). The van der Waals surface area contributed by atoms with E-state index in [1.807, 2.05) is 6.92 Å². The maximum atomic E-state index is 11.8. The predicted molar refractivity (Wildman–Crippen MR) is 58.0 cm³/mol. The summed E-state index contributed by atoms with van der Waals surface area (Å²) in [6, 6.07) is 0. The van der Waals surface area contributed by atoms with Crippen molar-refractivity contribution < 1.29 is 4.79 Å². The average Bonchev–Trinajstić information content (AvgIpc) is 2.84. The number of hydrogen-bond donors (Lipinski definition) is 1. The number of H-pyrrole nitrogens is 1. The van der Waals surface area contributed by atoms with Crippen LogP contribution in [0.4, 0.5) is 0 Å². The van der Waals surface area contributed by atoms with Gasteiger partial charge < -0.3 is 4.90 Å². The minimum absolute atomic E-state index is 0.122. The zero-order valence-corrected chi connectivity index (χ0v) is 9.87. The molecule has 2 aromatic rings. The SMILES string of the molecule is Cc1sc(-c2nn[nH]n2)nc1C(=O)N(C)C. The summed E-state index contributed by atoms with van der Waals surface area (Å²) in [6.45, 7) is 1.85. The van der Waals surface area contributed by atoms with Crippen LogP contribution in [-0.2, 0) is 0 Å². The highest BCUT2D eigenvalue weighted by Gasteiger charge is 2.19. The molecule has 0 spiro atoms.